The van der Waals surface area contributed by atoms with Crippen molar-refractivity contribution in [3.05, 3.63) is 11.3 Å². The van der Waals surface area contributed by atoms with Gasteiger partial charge in [-0.05, 0) is 17.9 Å². The molecule has 14 heavy (non-hydrogen) atoms. The molecule has 1 aliphatic heterocycles. The van der Waals surface area contributed by atoms with Crippen LogP contribution in [0, 0.1) is 11.3 Å². The lowest BCUT2D eigenvalue weighted by Gasteiger charge is -2.23. The summed E-state index contributed by atoms with van der Waals surface area (Å²) >= 11 is 0. The fourth-order valence-electron chi connectivity index (χ4n) is 2.01. The lowest BCUT2D eigenvalue weighted by molar-refractivity contribution is 0.100. The summed E-state index contributed by atoms with van der Waals surface area (Å²) in [6, 6.07) is 0. The Morgan fingerprint density at radius 3 is 2.21 bits per heavy atom. The third-order valence-corrected chi connectivity index (χ3v) is 2.86. The molecule has 0 radical (unpaired) electrons. The third kappa shape index (κ3) is 2.31. The molecule has 0 aromatic rings. The number of ether oxygens (including phenoxy) is 1. The Balaban J connectivity index is 2.91. The molecule has 0 saturated heterocycles. The van der Waals surface area contributed by atoms with Crippen LogP contribution >= 0.6 is 0 Å². The van der Waals surface area contributed by atoms with Gasteiger partial charge in [-0.2, -0.15) is 0 Å². The maximum Gasteiger partial charge on any atom is 0.102 e. The highest BCUT2D eigenvalue weighted by atomic mass is 16.5. The molecule has 1 aliphatic rings. The summed E-state index contributed by atoms with van der Waals surface area (Å²) in [4.78, 5) is 0. The van der Waals surface area contributed by atoms with Gasteiger partial charge >= 0.3 is 0 Å². The molecule has 0 bridgehead atoms. The first-order chi connectivity index (χ1) is 6.36. The molecular weight excluding hydrogens is 172 g/mol. The van der Waals surface area contributed by atoms with Crippen molar-refractivity contribution in [1.29, 1.82) is 0 Å². The van der Waals surface area contributed by atoms with Crippen LogP contribution in [0.5, 0.6) is 0 Å². The Morgan fingerprint density at radius 1 is 1.36 bits per heavy atom. The van der Waals surface area contributed by atoms with Crippen molar-refractivity contribution in [2.24, 2.45) is 11.3 Å². The highest BCUT2D eigenvalue weighted by Gasteiger charge is 2.32. The molecule has 1 unspecified atom stereocenters. The molecule has 0 aliphatic carbocycles. The summed E-state index contributed by atoms with van der Waals surface area (Å²) in [5.74, 6) is 1.88. The van der Waals surface area contributed by atoms with Crippen LogP contribution in [-0.4, -0.2) is 6.10 Å². The minimum absolute atomic E-state index is 0.170. The molecule has 1 nitrogen and oxygen atoms in total. The summed E-state index contributed by atoms with van der Waals surface area (Å²) in [5, 5.41) is 0. The lowest BCUT2D eigenvalue weighted by atomic mass is 9.86. The van der Waals surface area contributed by atoms with Crippen LogP contribution in [0.25, 0.3) is 0 Å². The fourth-order valence-corrected chi connectivity index (χ4v) is 2.01. The van der Waals surface area contributed by atoms with Gasteiger partial charge in [0.05, 0.1) is 0 Å². The molecule has 1 heteroatoms. The first-order valence-corrected chi connectivity index (χ1v) is 5.76. The van der Waals surface area contributed by atoms with Gasteiger partial charge in [-0.1, -0.05) is 41.5 Å². The van der Waals surface area contributed by atoms with Gasteiger partial charge in [0, 0.05) is 11.8 Å². The van der Waals surface area contributed by atoms with Crippen LogP contribution in [0.4, 0.5) is 0 Å². The molecule has 0 aromatic heterocycles. The molecular formula is C13H24O. The average molecular weight is 196 g/mol. The van der Waals surface area contributed by atoms with Crippen LogP contribution in [0.2, 0.25) is 0 Å². The zero-order valence-corrected chi connectivity index (χ0v) is 10.5. The van der Waals surface area contributed by atoms with Crippen molar-refractivity contribution in [3.63, 3.8) is 0 Å². The number of hydrogen-bond acceptors (Lipinski definition) is 1. The molecule has 1 heterocycles. The second-order valence-corrected chi connectivity index (χ2v) is 5.61. The largest absolute Gasteiger partial charge is 0.494 e. The van der Waals surface area contributed by atoms with E-state index in [-0.39, 0.29) is 5.41 Å². The van der Waals surface area contributed by atoms with E-state index >= 15 is 0 Å². The highest BCUT2D eigenvalue weighted by Crippen LogP contribution is 2.40. The van der Waals surface area contributed by atoms with Gasteiger partial charge in [0.25, 0.3) is 0 Å². The van der Waals surface area contributed by atoms with E-state index in [0.29, 0.717) is 12.0 Å². The zero-order chi connectivity index (χ0) is 10.9. The van der Waals surface area contributed by atoms with Crippen LogP contribution in [0.3, 0.4) is 0 Å². The quantitative estimate of drug-likeness (QED) is 0.645. The molecule has 0 saturated carbocycles. The van der Waals surface area contributed by atoms with E-state index in [4.69, 9.17) is 4.74 Å². The Hall–Kier alpha value is -0.460. The highest BCUT2D eigenvalue weighted by molar-refractivity contribution is 5.21. The SMILES string of the molecule is CCC1CC(C(C)C)=C(C(C)(C)C)O1. The molecule has 0 fully saturated rings. The standard InChI is InChI=1S/C13H24O/c1-7-10-8-11(9(2)3)12(14-10)13(4,5)6/h9-10H,7-8H2,1-6H3. The molecule has 82 valence electrons. The predicted octanol–water partition coefficient (Wildman–Crippen LogP) is 4.14. The van der Waals surface area contributed by atoms with Crippen LogP contribution in [-0.2, 0) is 4.74 Å². The van der Waals surface area contributed by atoms with Crippen molar-refractivity contribution in [2.45, 2.75) is 60.5 Å². The second kappa shape index (κ2) is 3.96. The van der Waals surface area contributed by atoms with Crippen LogP contribution in [0.15, 0.2) is 11.3 Å². The van der Waals surface area contributed by atoms with Crippen molar-refractivity contribution < 1.29 is 4.74 Å². The molecule has 0 N–H and O–H groups in total. The van der Waals surface area contributed by atoms with E-state index in [9.17, 15) is 0 Å². The first kappa shape index (κ1) is 11.6. The minimum Gasteiger partial charge on any atom is -0.494 e. The summed E-state index contributed by atoms with van der Waals surface area (Å²) in [7, 11) is 0. The lowest BCUT2D eigenvalue weighted by Crippen LogP contribution is -2.14. The van der Waals surface area contributed by atoms with Crippen LogP contribution < -0.4 is 0 Å². The Bertz CT molecular complexity index is 230. The van der Waals surface area contributed by atoms with E-state index in [1.54, 1.807) is 0 Å². The van der Waals surface area contributed by atoms with E-state index in [1.165, 1.54) is 11.3 Å². The molecule has 0 aromatic carbocycles. The number of allylic oxidation sites excluding steroid dienone is 1. The monoisotopic (exact) mass is 196 g/mol. The smallest absolute Gasteiger partial charge is 0.102 e. The predicted molar refractivity (Wildman–Crippen MR) is 61.1 cm³/mol. The van der Waals surface area contributed by atoms with E-state index in [2.05, 4.69) is 41.5 Å². The van der Waals surface area contributed by atoms with Gasteiger partial charge in [-0.15, -0.1) is 0 Å². The molecule has 0 amide bonds. The molecule has 0 spiro atoms. The van der Waals surface area contributed by atoms with Gasteiger partial charge in [-0.3, -0.25) is 0 Å². The number of rotatable bonds is 2. The second-order valence-electron chi connectivity index (χ2n) is 5.61. The normalized spacial score (nSPS) is 23.2. The van der Waals surface area contributed by atoms with Gasteiger partial charge in [0.1, 0.15) is 11.9 Å². The topological polar surface area (TPSA) is 9.23 Å². The summed E-state index contributed by atoms with van der Waals surface area (Å²) < 4.78 is 6.03. The van der Waals surface area contributed by atoms with Gasteiger partial charge < -0.3 is 4.74 Å². The Kier molecular flexibility index (Phi) is 3.28. The van der Waals surface area contributed by atoms with E-state index in [0.717, 1.165) is 12.8 Å². The van der Waals surface area contributed by atoms with Crippen LogP contribution in [0.1, 0.15) is 54.4 Å². The van der Waals surface area contributed by atoms with Gasteiger partial charge in [-0.25, -0.2) is 0 Å². The summed E-state index contributed by atoms with van der Waals surface area (Å²) in [6.07, 6.45) is 2.69. The summed E-state index contributed by atoms with van der Waals surface area (Å²) in [6.45, 7) is 13.5. The fraction of sp³-hybridized carbons (Fsp3) is 0.846. The Labute approximate surface area is 88.5 Å². The number of hydrogen-bond donors (Lipinski definition) is 0. The summed E-state index contributed by atoms with van der Waals surface area (Å²) in [5.41, 5.74) is 1.70. The molecule has 1 atom stereocenters. The van der Waals surface area contributed by atoms with Crippen molar-refractivity contribution in [1.82, 2.24) is 0 Å². The van der Waals surface area contributed by atoms with Crippen molar-refractivity contribution >= 4 is 0 Å². The maximum atomic E-state index is 6.03. The zero-order valence-electron chi connectivity index (χ0n) is 10.5. The maximum absolute atomic E-state index is 6.03. The minimum atomic E-state index is 0.170. The van der Waals surface area contributed by atoms with Crippen molar-refractivity contribution in [3.8, 4) is 0 Å². The first-order valence-electron chi connectivity index (χ1n) is 5.76. The van der Waals surface area contributed by atoms with Crippen molar-refractivity contribution in [2.75, 3.05) is 0 Å². The third-order valence-electron chi connectivity index (χ3n) is 2.86. The van der Waals surface area contributed by atoms with Gasteiger partial charge in [0.2, 0.25) is 0 Å². The van der Waals surface area contributed by atoms with E-state index < -0.39 is 0 Å². The Morgan fingerprint density at radius 2 is 1.93 bits per heavy atom. The van der Waals surface area contributed by atoms with Gasteiger partial charge in [0.15, 0.2) is 0 Å². The molecule has 1 rings (SSSR count). The average Bonchev–Trinajstić information content (AvgIpc) is 2.46. The van der Waals surface area contributed by atoms with E-state index in [1.807, 2.05) is 0 Å².